The quantitative estimate of drug-likeness (QED) is 0.763. The molecular weight excluding hydrogens is 406 g/mol. The van der Waals surface area contributed by atoms with Gasteiger partial charge in [-0.05, 0) is 19.3 Å². The highest BCUT2D eigenvalue weighted by Gasteiger charge is 2.52. The molecule has 3 aliphatic rings. The van der Waals surface area contributed by atoms with Gasteiger partial charge in [-0.1, -0.05) is 0 Å². The van der Waals surface area contributed by atoms with Crippen LogP contribution in [-0.4, -0.2) is 47.7 Å². The number of alkyl halides is 2. The van der Waals surface area contributed by atoms with Gasteiger partial charge in [-0.15, -0.1) is 0 Å². The first kappa shape index (κ1) is 21.4. The van der Waals surface area contributed by atoms with Crippen LogP contribution in [0.2, 0.25) is 0 Å². The summed E-state index contributed by atoms with van der Waals surface area (Å²) in [6.07, 6.45) is 5.07. The number of hydrogen-bond acceptors (Lipinski definition) is 7. The second-order valence-electron chi connectivity index (χ2n) is 8.17. The Morgan fingerprint density at radius 3 is 2.42 bits per heavy atom. The van der Waals surface area contributed by atoms with Crippen molar-refractivity contribution in [3.05, 3.63) is 29.7 Å². The summed E-state index contributed by atoms with van der Waals surface area (Å²) in [5, 5.41) is 5.49. The van der Waals surface area contributed by atoms with Gasteiger partial charge in [0.2, 0.25) is 11.7 Å². The van der Waals surface area contributed by atoms with E-state index in [1.165, 1.54) is 13.3 Å². The minimum atomic E-state index is -3.15. The lowest BCUT2D eigenvalue weighted by atomic mass is 10.0. The molecule has 10 heteroatoms. The highest BCUT2D eigenvalue weighted by Crippen LogP contribution is 2.58. The van der Waals surface area contributed by atoms with Gasteiger partial charge in [-0.2, -0.15) is 8.78 Å². The lowest BCUT2D eigenvalue weighted by molar-refractivity contribution is -0.114. The van der Waals surface area contributed by atoms with Crippen LogP contribution < -0.4 is 15.5 Å². The van der Waals surface area contributed by atoms with Crippen LogP contribution in [0.15, 0.2) is 18.3 Å². The van der Waals surface area contributed by atoms with E-state index in [0.29, 0.717) is 24.0 Å². The molecule has 4 heterocycles. The van der Waals surface area contributed by atoms with Crippen molar-refractivity contribution in [2.24, 2.45) is 0 Å². The van der Waals surface area contributed by atoms with Gasteiger partial charge in [0, 0.05) is 70.0 Å². The molecule has 2 fully saturated rings. The Morgan fingerprint density at radius 1 is 1.23 bits per heavy atom. The number of halogens is 2. The summed E-state index contributed by atoms with van der Waals surface area (Å²) < 4.78 is 32.5. The van der Waals surface area contributed by atoms with E-state index in [1.807, 2.05) is 4.90 Å². The molecule has 31 heavy (non-hydrogen) atoms. The van der Waals surface area contributed by atoms with Crippen LogP contribution in [0.5, 0.6) is 0 Å². The van der Waals surface area contributed by atoms with Crippen molar-refractivity contribution < 1.29 is 18.3 Å². The van der Waals surface area contributed by atoms with Gasteiger partial charge in [-0.3, -0.25) is 4.79 Å². The Balaban J connectivity index is 0.000000520. The highest BCUT2D eigenvalue weighted by atomic mass is 19.3. The maximum absolute atomic E-state index is 13.9. The zero-order chi connectivity index (χ0) is 22.2. The first-order valence-corrected chi connectivity index (χ1v) is 10.3. The molecule has 0 aromatic carbocycles. The molecule has 0 bridgehead atoms. The summed E-state index contributed by atoms with van der Waals surface area (Å²) in [5.74, 6) is -2.75. The Kier molecular flexibility index (Phi) is 5.50. The number of rotatable bonds is 4. The second-order valence-corrected chi connectivity index (χ2v) is 8.17. The SMILES string of the molecule is C1COC1.CNc1cc(N2CC3(CC3)c3cnc(NC(C)=O)cc32)nc(C(C)(F)F)n1. The van der Waals surface area contributed by atoms with E-state index in [9.17, 15) is 13.6 Å². The molecule has 0 atom stereocenters. The fourth-order valence-electron chi connectivity index (χ4n) is 3.62. The largest absolute Gasteiger partial charge is 0.381 e. The first-order chi connectivity index (χ1) is 14.7. The van der Waals surface area contributed by atoms with Gasteiger partial charge >= 0.3 is 5.92 Å². The fraction of sp³-hybridized carbons (Fsp3) is 0.524. The van der Waals surface area contributed by atoms with Crippen LogP contribution in [0.4, 0.5) is 31.9 Å². The molecule has 2 N–H and O–H groups in total. The molecule has 1 amide bonds. The first-order valence-electron chi connectivity index (χ1n) is 10.3. The van der Waals surface area contributed by atoms with E-state index in [1.54, 1.807) is 25.4 Å². The number of aromatic nitrogens is 3. The lowest BCUT2D eigenvalue weighted by Gasteiger charge is -2.21. The Hall–Kier alpha value is -2.88. The number of ether oxygens (including phenoxy) is 1. The number of carbonyl (C=O) groups excluding carboxylic acids is 1. The van der Waals surface area contributed by atoms with Crippen molar-refractivity contribution in [1.29, 1.82) is 0 Å². The number of nitrogens with zero attached hydrogens (tertiary/aromatic N) is 4. The summed E-state index contributed by atoms with van der Waals surface area (Å²) in [4.78, 5) is 25.6. The van der Waals surface area contributed by atoms with Crippen LogP contribution in [0.3, 0.4) is 0 Å². The third-order valence-corrected chi connectivity index (χ3v) is 5.58. The van der Waals surface area contributed by atoms with Crippen molar-refractivity contribution in [3.63, 3.8) is 0 Å². The van der Waals surface area contributed by atoms with Crippen molar-refractivity contribution >= 4 is 29.0 Å². The molecule has 5 rings (SSSR count). The minimum Gasteiger partial charge on any atom is -0.381 e. The van der Waals surface area contributed by atoms with Crippen molar-refractivity contribution in [1.82, 2.24) is 15.0 Å². The molecule has 166 valence electrons. The van der Waals surface area contributed by atoms with E-state index < -0.39 is 11.7 Å². The molecule has 1 saturated carbocycles. The molecule has 1 aliphatic carbocycles. The highest BCUT2D eigenvalue weighted by molar-refractivity contribution is 5.89. The Labute approximate surface area is 179 Å². The van der Waals surface area contributed by atoms with E-state index in [0.717, 1.165) is 44.2 Å². The number of nitrogens with one attached hydrogen (secondary N) is 2. The van der Waals surface area contributed by atoms with Gasteiger partial charge in [0.05, 0.1) is 5.69 Å². The number of fused-ring (bicyclic) bond motifs is 2. The summed E-state index contributed by atoms with van der Waals surface area (Å²) in [7, 11) is 1.63. The topological polar surface area (TPSA) is 92.3 Å². The number of anilines is 4. The molecule has 1 spiro atoms. The number of hydrogen-bond donors (Lipinski definition) is 2. The fourth-order valence-corrected chi connectivity index (χ4v) is 3.62. The van der Waals surface area contributed by atoms with Gasteiger partial charge in [0.25, 0.3) is 0 Å². The molecule has 0 unspecified atom stereocenters. The molecule has 2 aromatic heterocycles. The maximum Gasteiger partial charge on any atom is 0.303 e. The molecule has 2 aliphatic heterocycles. The van der Waals surface area contributed by atoms with Gasteiger partial charge in [0.1, 0.15) is 17.5 Å². The van der Waals surface area contributed by atoms with Crippen LogP contribution in [0.1, 0.15) is 44.5 Å². The zero-order valence-corrected chi connectivity index (χ0v) is 17.8. The number of pyridine rings is 1. The van der Waals surface area contributed by atoms with Crippen LogP contribution in [0.25, 0.3) is 0 Å². The smallest absolute Gasteiger partial charge is 0.303 e. The van der Waals surface area contributed by atoms with Crippen molar-refractivity contribution in [2.75, 3.05) is 42.3 Å². The zero-order valence-electron chi connectivity index (χ0n) is 17.8. The molecule has 1 saturated heterocycles. The third kappa shape index (κ3) is 4.43. The monoisotopic (exact) mass is 432 g/mol. The van der Waals surface area contributed by atoms with Crippen LogP contribution >= 0.6 is 0 Å². The Morgan fingerprint density at radius 2 is 1.90 bits per heavy atom. The lowest BCUT2D eigenvalue weighted by Crippen LogP contribution is -2.23. The normalized spacial score (nSPS) is 17.9. The molecule has 0 radical (unpaired) electrons. The van der Waals surface area contributed by atoms with Crippen molar-refractivity contribution in [2.45, 2.75) is 44.4 Å². The average Bonchev–Trinajstić information content (AvgIpc) is 3.36. The van der Waals surface area contributed by atoms with E-state index in [-0.39, 0.29) is 11.3 Å². The van der Waals surface area contributed by atoms with Crippen molar-refractivity contribution in [3.8, 4) is 0 Å². The number of carbonyl (C=O) groups is 1. The molecule has 8 nitrogen and oxygen atoms in total. The van der Waals surface area contributed by atoms with Crippen LogP contribution in [-0.2, 0) is 20.9 Å². The van der Waals surface area contributed by atoms with Gasteiger partial charge in [-0.25, -0.2) is 15.0 Å². The predicted molar refractivity (Wildman–Crippen MR) is 113 cm³/mol. The predicted octanol–water partition coefficient (Wildman–Crippen LogP) is 3.57. The third-order valence-electron chi connectivity index (χ3n) is 5.58. The van der Waals surface area contributed by atoms with E-state index in [4.69, 9.17) is 4.74 Å². The summed E-state index contributed by atoms with van der Waals surface area (Å²) in [5.41, 5.74) is 1.87. The van der Waals surface area contributed by atoms with E-state index >= 15 is 0 Å². The van der Waals surface area contributed by atoms with Gasteiger partial charge < -0.3 is 20.3 Å². The summed E-state index contributed by atoms with van der Waals surface area (Å²) >= 11 is 0. The van der Waals surface area contributed by atoms with Gasteiger partial charge in [0.15, 0.2) is 0 Å². The second kappa shape index (κ2) is 7.99. The molecular formula is C21H26F2N6O2. The molecule has 2 aromatic rings. The Bertz CT molecular complexity index is 982. The maximum atomic E-state index is 13.9. The van der Waals surface area contributed by atoms with Crippen LogP contribution in [0, 0.1) is 0 Å². The number of amides is 1. The van der Waals surface area contributed by atoms with E-state index in [2.05, 4.69) is 25.6 Å². The summed E-state index contributed by atoms with van der Waals surface area (Å²) in [6, 6.07) is 3.42. The summed E-state index contributed by atoms with van der Waals surface area (Å²) in [6.45, 7) is 4.83. The standard InChI is InChI=1S/C18H20F2N6O.C3H6O/c1-10(27)23-14-6-12-11(8-22-14)18(4-5-18)9-26(12)15-7-13(21-3)24-16(25-15)17(2,19)20;1-2-4-3-1/h6-8H,4-5,9H2,1-3H3,(H,21,24,25)(H,22,23,27);1-3H2. The minimum absolute atomic E-state index is 0.0171. The average molecular weight is 432 g/mol.